The molecule has 0 aliphatic heterocycles. The molecule has 0 aromatic heterocycles. The van der Waals surface area contributed by atoms with E-state index in [0.29, 0.717) is 0 Å². The van der Waals surface area contributed by atoms with E-state index in [2.05, 4.69) is 24.4 Å². The summed E-state index contributed by atoms with van der Waals surface area (Å²) in [4.78, 5) is 0. The molecule has 1 nitrogen and oxygen atoms in total. The summed E-state index contributed by atoms with van der Waals surface area (Å²) < 4.78 is 0. The fourth-order valence-corrected chi connectivity index (χ4v) is 3.80. The lowest BCUT2D eigenvalue weighted by Gasteiger charge is -2.42. The Morgan fingerprint density at radius 1 is 1.19 bits per heavy atom. The Kier molecular flexibility index (Phi) is 3.06. The van der Waals surface area contributed by atoms with E-state index >= 15 is 0 Å². The average Bonchev–Trinajstić information content (AvgIpc) is 2.63. The molecule has 0 aromatic rings. The molecular formula is C15H25N. The SMILES string of the molecule is CC1CCC(CNC2CC3CC=CC32)CC1. The molecular weight excluding hydrogens is 194 g/mol. The lowest BCUT2D eigenvalue weighted by Crippen LogP contribution is -2.49. The Morgan fingerprint density at radius 3 is 2.75 bits per heavy atom. The summed E-state index contributed by atoms with van der Waals surface area (Å²) in [5.41, 5.74) is 0. The van der Waals surface area contributed by atoms with E-state index in [1.165, 1.54) is 45.1 Å². The van der Waals surface area contributed by atoms with Gasteiger partial charge in [-0.2, -0.15) is 0 Å². The largest absolute Gasteiger partial charge is 0.313 e. The standard InChI is InChI=1S/C15H25N/c1-11-5-7-12(8-6-11)10-16-15-9-13-3-2-4-14(13)15/h2,4,11-16H,3,5-10H2,1H3. The lowest BCUT2D eigenvalue weighted by molar-refractivity contribution is 0.150. The van der Waals surface area contributed by atoms with E-state index in [-0.39, 0.29) is 0 Å². The zero-order chi connectivity index (χ0) is 11.0. The molecule has 2 saturated carbocycles. The highest BCUT2D eigenvalue weighted by molar-refractivity contribution is 5.12. The molecule has 0 aromatic carbocycles. The number of fused-ring (bicyclic) bond motifs is 1. The normalized spacial score (nSPS) is 46.4. The molecule has 90 valence electrons. The van der Waals surface area contributed by atoms with Crippen molar-refractivity contribution in [2.75, 3.05) is 6.54 Å². The van der Waals surface area contributed by atoms with E-state index in [9.17, 15) is 0 Å². The van der Waals surface area contributed by atoms with Crippen molar-refractivity contribution >= 4 is 0 Å². The van der Waals surface area contributed by atoms with Crippen LogP contribution in [0.4, 0.5) is 0 Å². The second-order valence-corrected chi connectivity index (χ2v) is 6.38. The highest BCUT2D eigenvalue weighted by atomic mass is 14.9. The highest BCUT2D eigenvalue weighted by Gasteiger charge is 2.40. The quantitative estimate of drug-likeness (QED) is 0.718. The molecule has 0 bridgehead atoms. The summed E-state index contributed by atoms with van der Waals surface area (Å²) in [6.45, 7) is 3.69. The van der Waals surface area contributed by atoms with E-state index in [0.717, 1.165) is 29.7 Å². The first kappa shape index (κ1) is 10.8. The van der Waals surface area contributed by atoms with Gasteiger partial charge in [0.25, 0.3) is 0 Å². The van der Waals surface area contributed by atoms with Gasteiger partial charge in [0.2, 0.25) is 0 Å². The Bertz CT molecular complexity index is 263. The average molecular weight is 219 g/mol. The van der Waals surface area contributed by atoms with E-state index in [1.54, 1.807) is 0 Å². The third-order valence-electron chi connectivity index (χ3n) is 5.17. The number of hydrogen-bond donors (Lipinski definition) is 1. The summed E-state index contributed by atoms with van der Waals surface area (Å²) in [6, 6.07) is 0.822. The van der Waals surface area contributed by atoms with Gasteiger partial charge < -0.3 is 5.32 Å². The topological polar surface area (TPSA) is 12.0 Å². The molecule has 16 heavy (non-hydrogen) atoms. The smallest absolute Gasteiger partial charge is 0.0136 e. The van der Waals surface area contributed by atoms with Crippen LogP contribution in [0.25, 0.3) is 0 Å². The van der Waals surface area contributed by atoms with Gasteiger partial charge in [-0.3, -0.25) is 0 Å². The van der Waals surface area contributed by atoms with Gasteiger partial charge >= 0.3 is 0 Å². The lowest BCUT2D eigenvalue weighted by atomic mass is 9.71. The number of nitrogens with one attached hydrogen (secondary N) is 1. The van der Waals surface area contributed by atoms with Crippen LogP contribution in [-0.2, 0) is 0 Å². The highest BCUT2D eigenvalue weighted by Crippen LogP contribution is 2.42. The van der Waals surface area contributed by atoms with Crippen LogP contribution < -0.4 is 5.32 Å². The predicted molar refractivity (Wildman–Crippen MR) is 68.3 cm³/mol. The fourth-order valence-electron chi connectivity index (χ4n) is 3.80. The number of rotatable bonds is 3. The van der Waals surface area contributed by atoms with Gasteiger partial charge in [0.15, 0.2) is 0 Å². The van der Waals surface area contributed by atoms with E-state index in [4.69, 9.17) is 0 Å². The van der Waals surface area contributed by atoms with Crippen LogP contribution in [0.3, 0.4) is 0 Å². The minimum Gasteiger partial charge on any atom is -0.313 e. The maximum absolute atomic E-state index is 3.82. The molecule has 0 radical (unpaired) electrons. The van der Waals surface area contributed by atoms with Gasteiger partial charge in [-0.05, 0) is 55.9 Å². The summed E-state index contributed by atoms with van der Waals surface area (Å²) >= 11 is 0. The Morgan fingerprint density at radius 2 is 2.00 bits per heavy atom. The zero-order valence-corrected chi connectivity index (χ0v) is 10.5. The van der Waals surface area contributed by atoms with Gasteiger partial charge in [0.1, 0.15) is 0 Å². The molecule has 0 saturated heterocycles. The molecule has 3 unspecified atom stereocenters. The van der Waals surface area contributed by atoms with E-state index in [1.807, 2.05) is 0 Å². The predicted octanol–water partition coefficient (Wildman–Crippen LogP) is 3.37. The first-order valence-corrected chi connectivity index (χ1v) is 7.23. The first-order chi connectivity index (χ1) is 7.83. The van der Waals surface area contributed by atoms with Crippen LogP contribution in [0.1, 0.15) is 45.4 Å². The summed E-state index contributed by atoms with van der Waals surface area (Å²) in [7, 11) is 0. The van der Waals surface area contributed by atoms with Crippen molar-refractivity contribution in [2.45, 2.75) is 51.5 Å². The van der Waals surface area contributed by atoms with Crippen LogP contribution in [-0.4, -0.2) is 12.6 Å². The maximum atomic E-state index is 3.82. The van der Waals surface area contributed by atoms with Crippen molar-refractivity contribution in [3.8, 4) is 0 Å². The summed E-state index contributed by atoms with van der Waals surface area (Å²) in [6.07, 6.45) is 13.5. The first-order valence-electron chi connectivity index (χ1n) is 7.23. The molecule has 0 heterocycles. The van der Waals surface area contributed by atoms with Gasteiger partial charge in [-0.15, -0.1) is 0 Å². The Hall–Kier alpha value is -0.300. The fraction of sp³-hybridized carbons (Fsp3) is 0.867. The number of hydrogen-bond acceptors (Lipinski definition) is 1. The van der Waals surface area contributed by atoms with Crippen LogP contribution >= 0.6 is 0 Å². The minimum absolute atomic E-state index is 0.822. The van der Waals surface area contributed by atoms with Crippen molar-refractivity contribution in [1.82, 2.24) is 5.32 Å². The van der Waals surface area contributed by atoms with Crippen molar-refractivity contribution in [1.29, 1.82) is 0 Å². The van der Waals surface area contributed by atoms with Crippen molar-refractivity contribution in [2.24, 2.45) is 23.7 Å². The molecule has 0 spiro atoms. The van der Waals surface area contributed by atoms with Gasteiger partial charge in [0, 0.05) is 6.04 Å². The van der Waals surface area contributed by atoms with Gasteiger partial charge in [-0.25, -0.2) is 0 Å². The van der Waals surface area contributed by atoms with Crippen LogP contribution in [0, 0.1) is 23.7 Å². The molecule has 3 atom stereocenters. The molecule has 2 fully saturated rings. The third kappa shape index (κ3) is 2.07. The minimum atomic E-state index is 0.822. The van der Waals surface area contributed by atoms with Crippen LogP contribution in [0.2, 0.25) is 0 Å². The number of allylic oxidation sites excluding steroid dienone is 1. The van der Waals surface area contributed by atoms with Crippen molar-refractivity contribution < 1.29 is 0 Å². The summed E-state index contributed by atoms with van der Waals surface area (Å²) in [5, 5.41) is 3.82. The van der Waals surface area contributed by atoms with Crippen molar-refractivity contribution in [3.05, 3.63) is 12.2 Å². The molecule has 0 amide bonds. The zero-order valence-electron chi connectivity index (χ0n) is 10.5. The monoisotopic (exact) mass is 219 g/mol. The van der Waals surface area contributed by atoms with Crippen molar-refractivity contribution in [3.63, 3.8) is 0 Å². The van der Waals surface area contributed by atoms with Crippen LogP contribution in [0.5, 0.6) is 0 Å². The Labute approximate surface area is 99.7 Å². The van der Waals surface area contributed by atoms with Gasteiger partial charge in [0.05, 0.1) is 0 Å². The summed E-state index contributed by atoms with van der Waals surface area (Å²) in [5.74, 6) is 3.86. The van der Waals surface area contributed by atoms with Crippen LogP contribution in [0.15, 0.2) is 12.2 Å². The maximum Gasteiger partial charge on any atom is 0.0136 e. The Balaban J connectivity index is 1.39. The van der Waals surface area contributed by atoms with E-state index < -0.39 is 0 Å². The molecule has 1 heteroatoms. The second kappa shape index (κ2) is 4.52. The molecule has 3 aliphatic rings. The molecule has 3 aliphatic carbocycles. The third-order valence-corrected chi connectivity index (χ3v) is 5.17. The van der Waals surface area contributed by atoms with Gasteiger partial charge in [-0.1, -0.05) is 31.9 Å². The molecule has 1 N–H and O–H groups in total. The molecule has 3 rings (SSSR count). The second-order valence-electron chi connectivity index (χ2n) is 6.38.